The lowest BCUT2D eigenvalue weighted by Crippen LogP contribution is -2.40. The number of rotatable bonds is 5. The lowest BCUT2D eigenvalue weighted by atomic mass is 9.56. The van der Waals surface area contributed by atoms with Crippen LogP contribution in [-0.4, -0.2) is 11.7 Å². The van der Waals surface area contributed by atoms with Crippen molar-refractivity contribution in [2.45, 2.75) is 105 Å². The second-order valence-corrected chi connectivity index (χ2v) is 11.1. The van der Waals surface area contributed by atoms with Crippen LogP contribution < -0.4 is 0 Å². The van der Waals surface area contributed by atoms with Crippen molar-refractivity contribution in [2.24, 2.45) is 40.4 Å². The summed E-state index contributed by atoms with van der Waals surface area (Å²) < 4.78 is 0. The molecule has 146 valence electrons. The molecule has 3 fully saturated rings. The van der Waals surface area contributed by atoms with E-state index in [4.69, 9.17) is 0 Å². The van der Waals surface area contributed by atoms with Gasteiger partial charge >= 0.3 is 0 Å². The summed E-state index contributed by atoms with van der Waals surface area (Å²) in [5.74, 6) is 4.37. The van der Waals surface area contributed by atoms with Crippen LogP contribution in [0.15, 0.2) is 0 Å². The lowest BCUT2D eigenvalue weighted by molar-refractivity contribution is 0.00397. The molecule has 3 saturated carbocycles. The van der Waals surface area contributed by atoms with Gasteiger partial charge in [-0.25, -0.2) is 0 Å². The number of hydrogen-bond acceptors (Lipinski definition) is 1. The summed E-state index contributed by atoms with van der Waals surface area (Å²) in [5, 5.41) is 9.42. The monoisotopic (exact) mass is 348 g/mol. The second kappa shape index (κ2) is 7.91. The normalized spacial score (nSPS) is 35.9. The lowest BCUT2D eigenvalue weighted by Gasteiger charge is -2.49. The molecule has 0 heterocycles. The maximum absolute atomic E-state index is 9.42. The van der Waals surface area contributed by atoms with E-state index in [1.54, 1.807) is 0 Å². The minimum absolute atomic E-state index is 0.411. The van der Waals surface area contributed by atoms with Crippen molar-refractivity contribution >= 4 is 0 Å². The van der Waals surface area contributed by atoms with Crippen LogP contribution in [0.2, 0.25) is 0 Å². The Hall–Kier alpha value is -0.0400. The smallest absolute Gasteiger partial charge is 0.0459 e. The molecule has 3 aliphatic carbocycles. The van der Waals surface area contributed by atoms with E-state index in [1.165, 1.54) is 77.0 Å². The summed E-state index contributed by atoms with van der Waals surface area (Å²) in [6, 6.07) is 0. The molecule has 0 atom stereocenters. The standard InChI is InChI=1S/C24H44O/c1-23(2,19-7-5-6-8-19)21-13-15-22(16-14-21)24(3,4)20-11-9-18(17-25)10-12-20/h18-22,25H,5-17H2,1-4H3. The molecular formula is C24H44O. The van der Waals surface area contributed by atoms with Gasteiger partial charge in [-0.2, -0.15) is 0 Å². The molecule has 1 heteroatoms. The van der Waals surface area contributed by atoms with Gasteiger partial charge in [-0.05, 0) is 105 Å². The fourth-order valence-electron chi connectivity index (χ4n) is 7.01. The van der Waals surface area contributed by atoms with Crippen LogP contribution >= 0.6 is 0 Å². The highest BCUT2D eigenvalue weighted by Crippen LogP contribution is 2.54. The van der Waals surface area contributed by atoms with Gasteiger partial charge in [0.1, 0.15) is 0 Å². The Morgan fingerprint density at radius 1 is 0.560 bits per heavy atom. The van der Waals surface area contributed by atoms with Crippen LogP contribution in [0, 0.1) is 40.4 Å². The molecule has 0 aliphatic heterocycles. The van der Waals surface area contributed by atoms with E-state index in [2.05, 4.69) is 27.7 Å². The molecule has 0 radical (unpaired) electrons. The summed E-state index contributed by atoms with van der Waals surface area (Å²) in [6.07, 6.45) is 17.1. The molecule has 0 unspecified atom stereocenters. The van der Waals surface area contributed by atoms with Gasteiger partial charge < -0.3 is 5.11 Å². The van der Waals surface area contributed by atoms with E-state index in [9.17, 15) is 5.11 Å². The summed E-state index contributed by atoms with van der Waals surface area (Å²) in [7, 11) is 0. The first kappa shape index (κ1) is 19.7. The number of aliphatic hydroxyl groups is 1. The molecule has 3 rings (SSSR count). The van der Waals surface area contributed by atoms with Gasteiger partial charge in [0.05, 0.1) is 0 Å². The van der Waals surface area contributed by atoms with Gasteiger partial charge in [-0.3, -0.25) is 0 Å². The van der Waals surface area contributed by atoms with E-state index >= 15 is 0 Å². The van der Waals surface area contributed by atoms with Crippen molar-refractivity contribution in [1.82, 2.24) is 0 Å². The van der Waals surface area contributed by atoms with Gasteiger partial charge in [0, 0.05) is 6.61 Å². The summed E-state index contributed by atoms with van der Waals surface area (Å²) in [6.45, 7) is 10.7. The van der Waals surface area contributed by atoms with Gasteiger partial charge in [-0.1, -0.05) is 40.5 Å². The van der Waals surface area contributed by atoms with Gasteiger partial charge in [-0.15, -0.1) is 0 Å². The highest BCUT2D eigenvalue weighted by molar-refractivity contribution is 4.94. The molecule has 0 saturated heterocycles. The van der Waals surface area contributed by atoms with E-state index in [0.717, 1.165) is 23.7 Å². The molecule has 1 nitrogen and oxygen atoms in total. The first-order chi connectivity index (χ1) is 11.9. The highest BCUT2D eigenvalue weighted by atomic mass is 16.3. The van der Waals surface area contributed by atoms with Crippen molar-refractivity contribution in [3.8, 4) is 0 Å². The summed E-state index contributed by atoms with van der Waals surface area (Å²) in [5.41, 5.74) is 1.08. The Balaban J connectivity index is 1.54. The van der Waals surface area contributed by atoms with Gasteiger partial charge in [0.15, 0.2) is 0 Å². The van der Waals surface area contributed by atoms with Crippen LogP contribution in [0.3, 0.4) is 0 Å². The molecule has 0 spiro atoms. The van der Waals surface area contributed by atoms with Gasteiger partial charge in [0.2, 0.25) is 0 Å². The van der Waals surface area contributed by atoms with Crippen molar-refractivity contribution in [1.29, 1.82) is 0 Å². The minimum Gasteiger partial charge on any atom is -0.396 e. The Labute approximate surface area is 157 Å². The SMILES string of the molecule is CC(C)(C1CCCC1)C1CCC(C(C)(C)C2CCC(CO)CC2)CC1. The zero-order valence-corrected chi connectivity index (χ0v) is 17.5. The Morgan fingerprint density at radius 3 is 1.24 bits per heavy atom. The van der Waals surface area contributed by atoms with Crippen LogP contribution in [0.25, 0.3) is 0 Å². The molecule has 0 amide bonds. The second-order valence-electron chi connectivity index (χ2n) is 11.1. The number of hydrogen-bond donors (Lipinski definition) is 1. The Morgan fingerprint density at radius 2 is 0.880 bits per heavy atom. The summed E-state index contributed by atoms with van der Waals surface area (Å²) in [4.78, 5) is 0. The maximum atomic E-state index is 9.42. The van der Waals surface area contributed by atoms with E-state index in [1.807, 2.05) is 0 Å². The predicted octanol–water partition coefficient (Wildman–Crippen LogP) is 6.83. The average Bonchev–Trinajstić information content (AvgIpc) is 3.17. The maximum Gasteiger partial charge on any atom is 0.0459 e. The predicted molar refractivity (Wildman–Crippen MR) is 108 cm³/mol. The molecule has 3 aliphatic rings. The molecular weight excluding hydrogens is 304 g/mol. The van der Waals surface area contributed by atoms with Gasteiger partial charge in [0.25, 0.3) is 0 Å². The van der Waals surface area contributed by atoms with Crippen molar-refractivity contribution in [2.75, 3.05) is 6.61 Å². The third kappa shape index (κ3) is 4.12. The third-order valence-electron chi connectivity index (χ3n) is 9.40. The van der Waals surface area contributed by atoms with E-state index in [0.29, 0.717) is 23.4 Å². The van der Waals surface area contributed by atoms with Crippen molar-refractivity contribution in [3.63, 3.8) is 0 Å². The fraction of sp³-hybridized carbons (Fsp3) is 1.00. The first-order valence-electron chi connectivity index (χ1n) is 11.5. The largest absolute Gasteiger partial charge is 0.396 e. The summed E-state index contributed by atoms with van der Waals surface area (Å²) >= 11 is 0. The zero-order chi connectivity index (χ0) is 18.1. The van der Waals surface area contributed by atoms with Crippen LogP contribution in [0.4, 0.5) is 0 Å². The molecule has 0 aromatic carbocycles. The average molecular weight is 349 g/mol. The minimum atomic E-state index is 0.411. The van der Waals surface area contributed by atoms with E-state index < -0.39 is 0 Å². The van der Waals surface area contributed by atoms with Crippen molar-refractivity contribution in [3.05, 3.63) is 0 Å². The first-order valence-corrected chi connectivity index (χ1v) is 11.5. The number of aliphatic hydroxyl groups excluding tert-OH is 1. The quantitative estimate of drug-likeness (QED) is 0.577. The third-order valence-corrected chi connectivity index (χ3v) is 9.40. The topological polar surface area (TPSA) is 20.2 Å². The van der Waals surface area contributed by atoms with E-state index in [-0.39, 0.29) is 0 Å². The van der Waals surface area contributed by atoms with Crippen molar-refractivity contribution < 1.29 is 5.11 Å². The molecule has 25 heavy (non-hydrogen) atoms. The molecule has 0 aromatic rings. The molecule has 0 aromatic heterocycles. The van der Waals surface area contributed by atoms with Crippen LogP contribution in [-0.2, 0) is 0 Å². The van der Waals surface area contributed by atoms with Crippen LogP contribution in [0.1, 0.15) is 105 Å². The Kier molecular flexibility index (Phi) is 6.24. The molecule has 0 bridgehead atoms. The van der Waals surface area contributed by atoms with Crippen LogP contribution in [0.5, 0.6) is 0 Å². The molecule has 1 N–H and O–H groups in total. The Bertz CT molecular complexity index is 402. The fourth-order valence-corrected chi connectivity index (χ4v) is 7.01. The zero-order valence-electron chi connectivity index (χ0n) is 17.5. The highest BCUT2D eigenvalue weighted by Gasteiger charge is 2.44.